The molecule has 0 atom stereocenters. The average Bonchev–Trinajstić information content (AvgIpc) is 3.29. The predicted molar refractivity (Wildman–Crippen MR) is 256 cm³/mol. The summed E-state index contributed by atoms with van der Waals surface area (Å²) in [5.74, 6) is 0. The van der Waals surface area contributed by atoms with Crippen LogP contribution < -0.4 is 67.3 Å². The predicted octanol–water partition coefficient (Wildman–Crippen LogP) is 4.51. The zero-order valence-corrected chi connectivity index (χ0v) is 38.9. The molecule has 0 unspecified atom stereocenters. The Bertz CT molecular complexity index is 1770. The number of hydrogen-bond acceptors (Lipinski definition) is 0. The second kappa shape index (κ2) is 26.7. The fourth-order valence-electron chi connectivity index (χ4n) is 6.89. The van der Waals surface area contributed by atoms with Crippen LogP contribution in [0.5, 0.6) is 0 Å². The van der Waals surface area contributed by atoms with Crippen LogP contribution in [0.25, 0.3) is 0 Å². The van der Waals surface area contributed by atoms with Crippen LogP contribution in [0.4, 0.5) is 0 Å². The van der Waals surface area contributed by atoms with E-state index in [9.17, 15) is 0 Å². The summed E-state index contributed by atoms with van der Waals surface area (Å²) in [6.07, 6.45) is 4.83. The molecule has 7 heteroatoms. The van der Waals surface area contributed by atoms with Gasteiger partial charge < -0.3 is 24.8 Å². The first-order chi connectivity index (χ1) is 27.8. The maximum atomic E-state index is 2.30. The Hall–Kier alpha value is -3.45. The van der Waals surface area contributed by atoms with E-state index in [0.717, 1.165) is 0 Å². The van der Waals surface area contributed by atoms with Crippen LogP contribution >= 0.6 is 31.7 Å². The summed E-state index contributed by atoms with van der Waals surface area (Å²) < 4.78 is 0. The zero-order chi connectivity index (χ0) is 38.0. The maximum absolute atomic E-state index is 2.30. The normalized spacial score (nSPS) is 10.5. The Kier molecular flexibility index (Phi) is 21.8. The van der Waals surface area contributed by atoms with Gasteiger partial charge in [-0.25, -0.2) is 0 Å². The molecule has 8 aromatic rings. The van der Waals surface area contributed by atoms with Crippen molar-refractivity contribution in [3.8, 4) is 0 Å². The molecule has 0 N–H and O–H groups in total. The third-order valence-corrected chi connectivity index (χ3v) is 20.4. The van der Waals surface area contributed by atoms with Crippen molar-refractivity contribution in [3.05, 3.63) is 243 Å². The summed E-state index contributed by atoms with van der Waals surface area (Å²) in [7, 11) is -1.39. The standard InChI is InChI=1S/2C26H24P2.2ClH.Ni/c2*1-5-13-23(14-6-1)27(24-15-7-2-8-16-24)21-22-28(25-17-9-3-10-18-25)26-19-11-4-12-20-26;;;/h2*1-20H,21-22H2;2*1H;/q;;;;+2/p-2. The van der Waals surface area contributed by atoms with Gasteiger partial charge in [-0.05, 0) is 98.8 Å². The van der Waals surface area contributed by atoms with Crippen molar-refractivity contribution in [1.82, 2.24) is 0 Å². The van der Waals surface area contributed by atoms with Crippen LogP contribution in [0.1, 0.15) is 0 Å². The van der Waals surface area contributed by atoms with Gasteiger partial charge in [0.05, 0.1) is 0 Å². The van der Waals surface area contributed by atoms with Gasteiger partial charge in [-0.15, -0.1) is 0 Å². The Morgan fingerprint density at radius 1 is 0.186 bits per heavy atom. The van der Waals surface area contributed by atoms with E-state index in [1.807, 2.05) is 0 Å². The molecule has 300 valence electrons. The second-order valence-electron chi connectivity index (χ2n) is 13.3. The summed E-state index contributed by atoms with van der Waals surface area (Å²) in [5, 5.41) is 11.8. The molecular formula is C52H48Cl2NiP4. The van der Waals surface area contributed by atoms with Crippen molar-refractivity contribution in [2.24, 2.45) is 0 Å². The van der Waals surface area contributed by atoms with Crippen molar-refractivity contribution in [2.75, 3.05) is 24.6 Å². The van der Waals surface area contributed by atoms with Crippen LogP contribution in [0.3, 0.4) is 0 Å². The Morgan fingerprint density at radius 2 is 0.288 bits per heavy atom. The fourth-order valence-corrected chi connectivity index (χ4v) is 17.6. The number of halogens is 2. The SMILES string of the molecule is [Cl-].[Cl-].[Ni+2].c1ccc(P(CCP(c2ccccc2)c2ccccc2)c2ccccc2)cc1.c1ccc(P(CCP(c2ccccc2)c2ccccc2)c2ccccc2)cc1. The minimum atomic E-state index is -0.348. The van der Waals surface area contributed by atoms with Crippen LogP contribution in [-0.4, -0.2) is 24.6 Å². The molecule has 0 spiro atoms. The number of hydrogen-bond donors (Lipinski definition) is 0. The first kappa shape index (κ1) is 48.2. The van der Waals surface area contributed by atoms with E-state index in [4.69, 9.17) is 0 Å². The minimum absolute atomic E-state index is 0. The van der Waals surface area contributed by atoms with Crippen molar-refractivity contribution < 1.29 is 41.3 Å². The first-order valence-corrected chi connectivity index (χ1v) is 25.4. The Morgan fingerprint density at radius 3 is 0.390 bits per heavy atom. The van der Waals surface area contributed by atoms with Gasteiger partial charge >= 0.3 is 16.5 Å². The van der Waals surface area contributed by atoms with Gasteiger partial charge in [0.1, 0.15) is 0 Å². The topological polar surface area (TPSA) is 0 Å². The molecule has 8 aromatic carbocycles. The van der Waals surface area contributed by atoms with Crippen molar-refractivity contribution in [2.45, 2.75) is 0 Å². The smallest absolute Gasteiger partial charge is 1.00 e. The number of rotatable bonds is 14. The van der Waals surface area contributed by atoms with Gasteiger partial charge in [-0.3, -0.25) is 0 Å². The minimum Gasteiger partial charge on any atom is -1.00 e. The molecule has 0 fully saturated rings. The van der Waals surface area contributed by atoms with Crippen LogP contribution in [0.2, 0.25) is 0 Å². The van der Waals surface area contributed by atoms with Crippen LogP contribution in [-0.2, 0) is 16.5 Å². The molecule has 0 saturated carbocycles. The van der Waals surface area contributed by atoms with E-state index in [2.05, 4.69) is 243 Å². The third kappa shape index (κ3) is 14.3. The second-order valence-corrected chi connectivity index (χ2v) is 22.6. The molecule has 0 aliphatic carbocycles. The Balaban J connectivity index is 0.000000248. The largest absolute Gasteiger partial charge is 2.00 e. The summed E-state index contributed by atoms with van der Waals surface area (Å²) >= 11 is 0. The summed E-state index contributed by atoms with van der Waals surface area (Å²) in [4.78, 5) is 0. The molecule has 0 amide bonds. The fraction of sp³-hybridized carbons (Fsp3) is 0.0769. The molecule has 0 aliphatic rings. The van der Waals surface area contributed by atoms with E-state index in [1.54, 1.807) is 0 Å². The zero-order valence-electron chi connectivity index (χ0n) is 32.8. The van der Waals surface area contributed by atoms with Crippen molar-refractivity contribution in [1.29, 1.82) is 0 Å². The molecule has 8 rings (SSSR count). The van der Waals surface area contributed by atoms with E-state index in [0.29, 0.717) is 0 Å². The third-order valence-electron chi connectivity index (χ3n) is 9.64. The molecule has 0 aromatic heterocycles. The molecule has 0 heterocycles. The molecule has 0 radical (unpaired) electrons. The first-order valence-electron chi connectivity index (χ1n) is 19.3. The van der Waals surface area contributed by atoms with E-state index in [1.165, 1.54) is 67.1 Å². The monoisotopic (exact) mass is 924 g/mol. The summed E-state index contributed by atoms with van der Waals surface area (Å²) in [6, 6.07) is 88.4. The quantitative estimate of drug-likeness (QED) is 0.112. The van der Waals surface area contributed by atoms with Gasteiger partial charge in [0.2, 0.25) is 0 Å². The van der Waals surface area contributed by atoms with Crippen molar-refractivity contribution >= 4 is 74.1 Å². The van der Waals surface area contributed by atoms with Gasteiger partial charge in [0.15, 0.2) is 0 Å². The molecule has 0 saturated heterocycles. The maximum Gasteiger partial charge on any atom is 2.00 e. The van der Waals surface area contributed by atoms with Crippen LogP contribution in [0, 0.1) is 0 Å². The van der Waals surface area contributed by atoms with Gasteiger partial charge in [-0.1, -0.05) is 243 Å². The van der Waals surface area contributed by atoms with Gasteiger partial charge in [-0.2, -0.15) is 0 Å². The van der Waals surface area contributed by atoms with E-state index >= 15 is 0 Å². The van der Waals surface area contributed by atoms with E-state index in [-0.39, 0.29) is 73.0 Å². The van der Waals surface area contributed by atoms with Crippen LogP contribution in [0.15, 0.2) is 243 Å². The van der Waals surface area contributed by atoms with Gasteiger partial charge in [0.25, 0.3) is 0 Å². The van der Waals surface area contributed by atoms with E-state index < -0.39 is 0 Å². The summed E-state index contributed by atoms with van der Waals surface area (Å²) in [5.41, 5.74) is 0. The molecule has 59 heavy (non-hydrogen) atoms. The van der Waals surface area contributed by atoms with Gasteiger partial charge in [0, 0.05) is 0 Å². The molecular weight excluding hydrogens is 878 g/mol. The molecule has 0 bridgehead atoms. The average molecular weight is 926 g/mol. The molecule has 0 nitrogen and oxygen atoms in total. The Labute approximate surface area is 380 Å². The summed E-state index contributed by atoms with van der Waals surface area (Å²) in [6.45, 7) is 0. The number of benzene rings is 8. The molecule has 0 aliphatic heterocycles. The van der Waals surface area contributed by atoms with Crippen molar-refractivity contribution in [3.63, 3.8) is 0 Å².